The molecule has 1 saturated heterocycles. The van der Waals surface area contributed by atoms with E-state index in [9.17, 15) is 17.6 Å². The molecule has 0 saturated carbocycles. The van der Waals surface area contributed by atoms with Gasteiger partial charge < -0.3 is 10.2 Å². The lowest BCUT2D eigenvalue weighted by molar-refractivity contribution is 0.102. The van der Waals surface area contributed by atoms with Crippen molar-refractivity contribution in [3.05, 3.63) is 77.2 Å². The number of amides is 1. The Morgan fingerprint density at radius 1 is 1.03 bits per heavy atom. The van der Waals surface area contributed by atoms with Gasteiger partial charge in [-0.05, 0) is 67.4 Å². The minimum absolute atomic E-state index is 0.0148. The third-order valence-electron chi connectivity index (χ3n) is 5.05. The summed E-state index contributed by atoms with van der Waals surface area (Å²) in [6.45, 7) is 1.96. The van der Waals surface area contributed by atoms with E-state index in [0.29, 0.717) is 5.82 Å². The number of sulfonamides is 1. The van der Waals surface area contributed by atoms with Gasteiger partial charge in [-0.1, -0.05) is 11.6 Å². The van der Waals surface area contributed by atoms with Crippen molar-refractivity contribution < 1.29 is 17.6 Å². The minimum Gasteiger partial charge on any atom is -0.370 e. The maximum atomic E-state index is 13.1. The van der Waals surface area contributed by atoms with Gasteiger partial charge in [-0.2, -0.15) is 0 Å². The summed E-state index contributed by atoms with van der Waals surface area (Å²) in [5.41, 5.74) is 1.16. The van der Waals surface area contributed by atoms with Crippen LogP contribution in [0.2, 0.25) is 5.02 Å². The lowest BCUT2D eigenvalue weighted by Gasteiger charge is -2.17. The van der Waals surface area contributed by atoms with Crippen LogP contribution in [0.4, 0.5) is 21.6 Å². The zero-order valence-corrected chi connectivity index (χ0v) is 18.5. The molecular weight excluding hydrogens is 455 g/mol. The first-order chi connectivity index (χ1) is 15.3. The minimum atomic E-state index is -4.02. The van der Waals surface area contributed by atoms with Crippen molar-refractivity contribution in [1.82, 2.24) is 4.98 Å². The van der Waals surface area contributed by atoms with Crippen molar-refractivity contribution in [2.24, 2.45) is 0 Å². The van der Waals surface area contributed by atoms with Crippen LogP contribution >= 0.6 is 11.6 Å². The Bertz CT molecular complexity index is 1230. The number of carbonyl (C=O) groups is 1. The van der Waals surface area contributed by atoms with Crippen LogP contribution in [0.3, 0.4) is 0 Å². The molecule has 1 fully saturated rings. The molecule has 4 rings (SSSR count). The Morgan fingerprint density at radius 2 is 1.75 bits per heavy atom. The molecule has 0 aliphatic carbocycles. The molecule has 166 valence electrons. The summed E-state index contributed by atoms with van der Waals surface area (Å²) < 4.78 is 40.8. The summed E-state index contributed by atoms with van der Waals surface area (Å²) in [7, 11) is -4.02. The van der Waals surface area contributed by atoms with Crippen molar-refractivity contribution >= 4 is 44.7 Å². The van der Waals surface area contributed by atoms with E-state index in [-0.39, 0.29) is 21.2 Å². The highest BCUT2D eigenvalue weighted by molar-refractivity contribution is 7.92. The second kappa shape index (κ2) is 9.13. The number of pyridine rings is 1. The number of carbonyl (C=O) groups excluding carboxylic acids is 1. The van der Waals surface area contributed by atoms with E-state index in [2.05, 4.69) is 19.9 Å². The highest BCUT2D eigenvalue weighted by Crippen LogP contribution is 2.24. The van der Waals surface area contributed by atoms with Crippen molar-refractivity contribution in [2.45, 2.75) is 17.7 Å². The highest BCUT2D eigenvalue weighted by Gasteiger charge is 2.20. The zero-order chi connectivity index (χ0) is 22.7. The molecule has 2 N–H and O–H groups in total. The van der Waals surface area contributed by atoms with Crippen LogP contribution in [0, 0.1) is 5.82 Å². The maximum Gasteiger partial charge on any atom is 0.261 e. The fourth-order valence-electron chi connectivity index (χ4n) is 3.38. The molecule has 1 amide bonds. The Balaban J connectivity index is 1.51. The average molecular weight is 475 g/mol. The quantitative estimate of drug-likeness (QED) is 0.547. The van der Waals surface area contributed by atoms with Gasteiger partial charge in [0.1, 0.15) is 11.6 Å². The van der Waals surface area contributed by atoms with Crippen LogP contribution < -0.4 is 14.9 Å². The molecule has 2 heterocycles. The molecule has 32 heavy (non-hydrogen) atoms. The van der Waals surface area contributed by atoms with E-state index < -0.39 is 21.7 Å². The maximum absolute atomic E-state index is 13.1. The van der Waals surface area contributed by atoms with E-state index in [1.807, 2.05) is 6.07 Å². The topological polar surface area (TPSA) is 91.4 Å². The standard InChI is InChI=1S/C22H20ClFN4O3S/c23-20-9-8-18(32(30,31)27-16-5-3-15(24)4-6-16)13-19(20)22(29)26-21-10-7-17(14-25-21)28-11-1-2-12-28/h3-10,13-14,27H,1-2,11-12H2,(H,25,26,29). The van der Waals surface area contributed by atoms with Crippen molar-refractivity contribution in [1.29, 1.82) is 0 Å². The first-order valence-electron chi connectivity index (χ1n) is 9.92. The number of hydrogen-bond acceptors (Lipinski definition) is 5. The number of rotatable bonds is 6. The first kappa shape index (κ1) is 22.0. The van der Waals surface area contributed by atoms with Crippen molar-refractivity contribution in [3.8, 4) is 0 Å². The Morgan fingerprint density at radius 3 is 2.41 bits per heavy atom. The molecule has 3 aromatic rings. The highest BCUT2D eigenvalue weighted by atomic mass is 35.5. The van der Waals surface area contributed by atoms with Crippen LogP contribution in [0.15, 0.2) is 65.7 Å². The lowest BCUT2D eigenvalue weighted by Crippen LogP contribution is -2.19. The van der Waals surface area contributed by atoms with Gasteiger partial charge in [-0.25, -0.2) is 17.8 Å². The first-order valence-corrected chi connectivity index (χ1v) is 11.8. The van der Waals surface area contributed by atoms with E-state index in [4.69, 9.17) is 11.6 Å². The predicted octanol–water partition coefficient (Wildman–Crippen LogP) is 4.53. The molecule has 0 unspecified atom stereocenters. The third kappa shape index (κ3) is 5.00. The summed E-state index contributed by atoms with van der Waals surface area (Å²) >= 11 is 6.15. The monoisotopic (exact) mass is 474 g/mol. The molecule has 7 nitrogen and oxygen atoms in total. The molecular formula is C22H20ClFN4O3S. The lowest BCUT2D eigenvalue weighted by atomic mass is 10.2. The number of aromatic nitrogens is 1. The SMILES string of the molecule is O=C(Nc1ccc(N2CCCC2)cn1)c1cc(S(=O)(=O)Nc2ccc(F)cc2)ccc1Cl. The van der Waals surface area contributed by atoms with Crippen LogP contribution in [0.1, 0.15) is 23.2 Å². The van der Waals surface area contributed by atoms with Gasteiger partial charge in [-0.3, -0.25) is 9.52 Å². The van der Waals surface area contributed by atoms with Gasteiger partial charge in [0.15, 0.2) is 0 Å². The van der Waals surface area contributed by atoms with Crippen molar-refractivity contribution in [2.75, 3.05) is 28.0 Å². The van der Waals surface area contributed by atoms with E-state index in [0.717, 1.165) is 43.8 Å². The molecule has 10 heteroatoms. The van der Waals surface area contributed by atoms with E-state index >= 15 is 0 Å². The number of hydrogen-bond donors (Lipinski definition) is 2. The van der Waals surface area contributed by atoms with Crippen LogP contribution in [0.25, 0.3) is 0 Å². The zero-order valence-electron chi connectivity index (χ0n) is 16.9. The van der Waals surface area contributed by atoms with Gasteiger partial charge in [0, 0.05) is 18.8 Å². The van der Waals surface area contributed by atoms with Crippen molar-refractivity contribution in [3.63, 3.8) is 0 Å². The fraction of sp³-hybridized carbons (Fsp3) is 0.182. The summed E-state index contributed by atoms with van der Waals surface area (Å²) in [5.74, 6) is -0.748. The average Bonchev–Trinajstić information content (AvgIpc) is 3.31. The molecule has 1 aromatic heterocycles. The smallest absolute Gasteiger partial charge is 0.261 e. The second-order valence-corrected chi connectivity index (χ2v) is 9.39. The van der Waals surface area contributed by atoms with Crippen LogP contribution in [-0.2, 0) is 10.0 Å². The van der Waals surface area contributed by atoms with Gasteiger partial charge in [0.25, 0.3) is 15.9 Å². The van der Waals surface area contributed by atoms with Gasteiger partial charge >= 0.3 is 0 Å². The second-order valence-electron chi connectivity index (χ2n) is 7.30. The Labute approximate surface area is 190 Å². The predicted molar refractivity (Wildman–Crippen MR) is 122 cm³/mol. The molecule has 2 aromatic carbocycles. The van der Waals surface area contributed by atoms with Gasteiger partial charge in [-0.15, -0.1) is 0 Å². The number of benzene rings is 2. The van der Waals surface area contributed by atoms with Gasteiger partial charge in [0.05, 0.1) is 27.4 Å². The largest absolute Gasteiger partial charge is 0.370 e. The molecule has 0 radical (unpaired) electrons. The Hall–Kier alpha value is -3.17. The molecule has 0 bridgehead atoms. The molecule has 0 atom stereocenters. The fourth-order valence-corrected chi connectivity index (χ4v) is 4.67. The van der Waals surface area contributed by atoms with E-state index in [1.54, 1.807) is 12.3 Å². The van der Waals surface area contributed by atoms with Crippen LogP contribution in [0.5, 0.6) is 0 Å². The Kier molecular flexibility index (Phi) is 6.29. The number of nitrogens with one attached hydrogen (secondary N) is 2. The number of halogens is 2. The number of nitrogens with zero attached hydrogens (tertiary/aromatic N) is 2. The summed E-state index contributed by atoms with van der Waals surface area (Å²) in [5, 5.41) is 2.74. The summed E-state index contributed by atoms with van der Waals surface area (Å²) in [6.07, 6.45) is 3.98. The summed E-state index contributed by atoms with van der Waals surface area (Å²) in [6, 6.07) is 12.2. The summed E-state index contributed by atoms with van der Waals surface area (Å²) in [4.78, 5) is 19.1. The van der Waals surface area contributed by atoms with Gasteiger partial charge in [0.2, 0.25) is 0 Å². The number of anilines is 3. The molecule has 1 aliphatic heterocycles. The normalized spacial score (nSPS) is 13.8. The van der Waals surface area contributed by atoms with Crippen LogP contribution in [-0.4, -0.2) is 32.4 Å². The molecule has 0 spiro atoms. The van der Waals surface area contributed by atoms with E-state index in [1.165, 1.54) is 30.3 Å². The third-order valence-corrected chi connectivity index (χ3v) is 6.76. The molecule has 1 aliphatic rings.